The van der Waals surface area contributed by atoms with E-state index >= 15 is 0 Å². The van der Waals surface area contributed by atoms with Gasteiger partial charge in [0, 0.05) is 0 Å². The number of nitrogens with one attached hydrogen (secondary N) is 2. The van der Waals surface area contributed by atoms with Crippen LogP contribution in [-0.2, 0) is 9.59 Å². The Morgan fingerprint density at radius 3 is 2.36 bits per heavy atom. The molecule has 2 rings (SSSR count). The van der Waals surface area contributed by atoms with Crippen LogP contribution in [0.2, 0.25) is 0 Å². The van der Waals surface area contributed by atoms with Gasteiger partial charge in [0.25, 0.3) is 0 Å². The number of halogens is 1. The largest absolute Gasteiger partial charge is 0.341 e. The molecular weight excluding hydrogens is 319 g/mol. The average Bonchev–Trinajstić information content (AvgIpc) is 2.57. The van der Waals surface area contributed by atoms with Crippen molar-refractivity contribution in [3.63, 3.8) is 0 Å². The van der Waals surface area contributed by atoms with Crippen LogP contribution in [0.1, 0.15) is 37.4 Å². The van der Waals surface area contributed by atoms with E-state index in [2.05, 4.69) is 10.6 Å². The molecule has 2 amide bonds. The summed E-state index contributed by atoms with van der Waals surface area (Å²) in [4.78, 5) is 24.4. The van der Waals surface area contributed by atoms with Crippen molar-refractivity contribution in [2.75, 3.05) is 5.32 Å². The molecule has 0 aliphatic carbocycles. The molecule has 0 unspecified atom stereocenters. The summed E-state index contributed by atoms with van der Waals surface area (Å²) in [5.74, 6) is -1.90. The Kier molecular flexibility index (Phi) is 6.28. The van der Waals surface area contributed by atoms with Crippen molar-refractivity contribution in [1.29, 1.82) is 0 Å². The molecule has 0 fully saturated rings. The van der Waals surface area contributed by atoms with Crippen molar-refractivity contribution in [2.24, 2.45) is 5.92 Å². The lowest BCUT2D eigenvalue weighted by Crippen LogP contribution is -2.38. The minimum atomic E-state index is -0.880. The molecule has 0 spiro atoms. The normalized spacial score (nSPS) is 11.9. The van der Waals surface area contributed by atoms with E-state index in [1.807, 2.05) is 44.2 Å². The molecule has 0 aliphatic heterocycles. The van der Waals surface area contributed by atoms with Crippen LogP contribution in [0.15, 0.2) is 48.5 Å². The molecule has 132 valence electrons. The molecular formula is C20H23FN2O2. The third kappa shape index (κ3) is 5.41. The van der Waals surface area contributed by atoms with Gasteiger partial charge in [0.15, 0.2) is 0 Å². The molecule has 4 nitrogen and oxygen atoms in total. The van der Waals surface area contributed by atoms with E-state index in [4.69, 9.17) is 0 Å². The molecule has 2 aromatic rings. The Morgan fingerprint density at radius 2 is 1.72 bits per heavy atom. The number of benzene rings is 2. The topological polar surface area (TPSA) is 58.2 Å². The van der Waals surface area contributed by atoms with Crippen molar-refractivity contribution in [3.8, 4) is 0 Å². The first-order valence-corrected chi connectivity index (χ1v) is 8.29. The maximum absolute atomic E-state index is 13.7. The van der Waals surface area contributed by atoms with Gasteiger partial charge in [0.1, 0.15) is 5.82 Å². The molecule has 0 heterocycles. The summed E-state index contributed by atoms with van der Waals surface area (Å²) in [6, 6.07) is 13.6. The van der Waals surface area contributed by atoms with Crippen molar-refractivity contribution in [3.05, 3.63) is 65.5 Å². The van der Waals surface area contributed by atoms with E-state index in [1.54, 1.807) is 13.0 Å². The fourth-order valence-electron chi connectivity index (χ4n) is 2.57. The van der Waals surface area contributed by atoms with Gasteiger partial charge in [0.05, 0.1) is 11.7 Å². The summed E-state index contributed by atoms with van der Waals surface area (Å²) in [5.41, 5.74) is 1.72. The van der Waals surface area contributed by atoms with Gasteiger partial charge >= 0.3 is 11.8 Å². The number of hydrogen-bond acceptors (Lipinski definition) is 2. The lowest BCUT2D eigenvalue weighted by atomic mass is 9.97. The predicted octanol–water partition coefficient (Wildman–Crippen LogP) is 3.98. The smallest absolute Gasteiger partial charge is 0.313 e. The summed E-state index contributed by atoms with van der Waals surface area (Å²) in [6.45, 7) is 5.87. The number of amides is 2. The second kappa shape index (κ2) is 8.42. The Labute approximate surface area is 147 Å². The van der Waals surface area contributed by atoms with Crippen molar-refractivity contribution in [2.45, 2.75) is 33.2 Å². The Balaban J connectivity index is 2.09. The number of carbonyl (C=O) groups is 2. The van der Waals surface area contributed by atoms with Crippen molar-refractivity contribution in [1.82, 2.24) is 5.32 Å². The number of carbonyl (C=O) groups excluding carboxylic acids is 2. The van der Waals surface area contributed by atoms with E-state index in [0.717, 1.165) is 11.1 Å². The van der Waals surface area contributed by atoms with Crippen LogP contribution in [0.3, 0.4) is 0 Å². The van der Waals surface area contributed by atoms with Gasteiger partial charge < -0.3 is 10.6 Å². The summed E-state index contributed by atoms with van der Waals surface area (Å²) in [7, 11) is 0. The fraction of sp³-hybridized carbons (Fsp3) is 0.300. The predicted molar refractivity (Wildman–Crippen MR) is 96.5 cm³/mol. The molecule has 0 aromatic heterocycles. The van der Waals surface area contributed by atoms with Gasteiger partial charge in [0.2, 0.25) is 0 Å². The number of hydrogen-bond donors (Lipinski definition) is 2. The SMILES string of the molecule is Cc1ccc(F)c(NC(=O)C(=O)N[C@H](CC(C)C)c2ccccc2)c1. The van der Waals surface area contributed by atoms with Crippen LogP contribution in [-0.4, -0.2) is 11.8 Å². The standard InChI is InChI=1S/C20H23FN2O2/c1-13(2)11-17(15-7-5-4-6-8-15)22-19(24)20(25)23-18-12-14(3)9-10-16(18)21/h4-10,12-13,17H,11H2,1-3H3,(H,22,24)(H,23,25)/t17-/m1/s1. The minimum Gasteiger partial charge on any atom is -0.341 e. The minimum absolute atomic E-state index is 0.000251. The number of anilines is 1. The molecule has 1 atom stereocenters. The van der Waals surface area contributed by atoms with Crippen LogP contribution in [0.25, 0.3) is 0 Å². The molecule has 0 radical (unpaired) electrons. The van der Waals surface area contributed by atoms with Gasteiger partial charge in [-0.05, 0) is 42.5 Å². The van der Waals surface area contributed by atoms with Gasteiger partial charge in [-0.3, -0.25) is 9.59 Å². The summed E-state index contributed by atoms with van der Waals surface area (Å²) >= 11 is 0. The fourth-order valence-corrected chi connectivity index (χ4v) is 2.57. The lowest BCUT2D eigenvalue weighted by Gasteiger charge is -2.21. The number of aryl methyl sites for hydroxylation is 1. The van der Waals surface area contributed by atoms with E-state index < -0.39 is 17.6 Å². The van der Waals surface area contributed by atoms with Gasteiger partial charge in [-0.2, -0.15) is 0 Å². The monoisotopic (exact) mass is 342 g/mol. The third-order valence-electron chi connectivity index (χ3n) is 3.79. The first-order valence-electron chi connectivity index (χ1n) is 8.29. The van der Waals surface area contributed by atoms with Crippen LogP contribution in [0.4, 0.5) is 10.1 Å². The summed E-state index contributed by atoms with van der Waals surface area (Å²) in [5, 5.41) is 5.08. The molecule has 5 heteroatoms. The van der Waals surface area contributed by atoms with Gasteiger partial charge in [-0.15, -0.1) is 0 Å². The van der Waals surface area contributed by atoms with E-state index in [1.165, 1.54) is 12.1 Å². The quantitative estimate of drug-likeness (QED) is 0.808. The first-order chi connectivity index (χ1) is 11.9. The molecule has 0 saturated heterocycles. The van der Waals surface area contributed by atoms with Crippen molar-refractivity contribution < 1.29 is 14.0 Å². The van der Waals surface area contributed by atoms with Crippen LogP contribution >= 0.6 is 0 Å². The van der Waals surface area contributed by atoms with Crippen LogP contribution in [0.5, 0.6) is 0 Å². The van der Waals surface area contributed by atoms with E-state index in [-0.39, 0.29) is 11.7 Å². The Morgan fingerprint density at radius 1 is 1.04 bits per heavy atom. The maximum Gasteiger partial charge on any atom is 0.313 e. The molecule has 2 aromatic carbocycles. The molecule has 0 saturated carbocycles. The summed E-state index contributed by atoms with van der Waals surface area (Å²) in [6.07, 6.45) is 0.696. The third-order valence-corrected chi connectivity index (χ3v) is 3.79. The van der Waals surface area contributed by atoms with Crippen molar-refractivity contribution >= 4 is 17.5 Å². The Hall–Kier alpha value is -2.69. The van der Waals surface area contributed by atoms with Gasteiger partial charge in [-0.25, -0.2) is 4.39 Å². The van der Waals surface area contributed by atoms with Crippen LogP contribution < -0.4 is 10.6 Å². The maximum atomic E-state index is 13.7. The van der Waals surface area contributed by atoms with E-state index in [9.17, 15) is 14.0 Å². The molecule has 25 heavy (non-hydrogen) atoms. The summed E-state index contributed by atoms with van der Waals surface area (Å²) < 4.78 is 13.7. The highest BCUT2D eigenvalue weighted by Crippen LogP contribution is 2.21. The zero-order valence-corrected chi connectivity index (χ0v) is 14.7. The lowest BCUT2D eigenvalue weighted by molar-refractivity contribution is -0.136. The average molecular weight is 342 g/mol. The van der Waals surface area contributed by atoms with Crippen LogP contribution in [0, 0.1) is 18.7 Å². The highest BCUT2D eigenvalue weighted by atomic mass is 19.1. The molecule has 0 bridgehead atoms. The first kappa shape index (κ1) is 18.6. The van der Waals surface area contributed by atoms with Gasteiger partial charge in [-0.1, -0.05) is 50.2 Å². The molecule has 0 aliphatic rings. The Bertz CT molecular complexity index is 745. The zero-order chi connectivity index (χ0) is 18.4. The number of rotatable bonds is 5. The zero-order valence-electron chi connectivity index (χ0n) is 14.7. The highest BCUT2D eigenvalue weighted by molar-refractivity contribution is 6.39. The second-order valence-electron chi connectivity index (χ2n) is 6.50. The second-order valence-corrected chi connectivity index (χ2v) is 6.50. The highest BCUT2D eigenvalue weighted by Gasteiger charge is 2.21. The van der Waals surface area contributed by atoms with E-state index in [0.29, 0.717) is 12.3 Å². The molecule has 2 N–H and O–H groups in total.